The van der Waals surface area contributed by atoms with Crippen molar-refractivity contribution >= 4 is 10.0 Å². The summed E-state index contributed by atoms with van der Waals surface area (Å²) in [6.45, 7) is 7.65. The van der Waals surface area contributed by atoms with E-state index in [2.05, 4.69) is 4.72 Å². The molecule has 0 spiro atoms. The van der Waals surface area contributed by atoms with Gasteiger partial charge in [-0.25, -0.2) is 13.1 Å². The van der Waals surface area contributed by atoms with Crippen LogP contribution in [0.4, 0.5) is 0 Å². The summed E-state index contributed by atoms with van der Waals surface area (Å²) in [5, 5.41) is 0. The molecule has 0 aliphatic carbocycles. The molecule has 0 aromatic heterocycles. The van der Waals surface area contributed by atoms with Crippen molar-refractivity contribution in [1.29, 1.82) is 0 Å². The van der Waals surface area contributed by atoms with Crippen LogP contribution in [-0.4, -0.2) is 15.5 Å². The molecule has 0 saturated carbocycles. The maximum absolute atomic E-state index is 12.9. The van der Waals surface area contributed by atoms with Crippen molar-refractivity contribution in [3.63, 3.8) is 0 Å². The van der Waals surface area contributed by atoms with Gasteiger partial charge in [0.1, 0.15) is 5.75 Å². The highest BCUT2D eigenvalue weighted by Gasteiger charge is 2.24. The first-order chi connectivity index (χ1) is 11.3. The lowest BCUT2D eigenvalue weighted by Gasteiger charge is -2.21. The average molecular weight is 347 g/mol. The zero-order chi connectivity index (χ0) is 17.9. The van der Waals surface area contributed by atoms with Crippen molar-refractivity contribution in [3.8, 4) is 5.75 Å². The second-order valence-electron chi connectivity index (χ2n) is 5.95. The Morgan fingerprint density at radius 3 is 2.29 bits per heavy atom. The number of hydrogen-bond acceptors (Lipinski definition) is 3. The first-order valence-corrected chi connectivity index (χ1v) is 9.52. The van der Waals surface area contributed by atoms with Crippen LogP contribution in [0.25, 0.3) is 0 Å². The van der Waals surface area contributed by atoms with E-state index in [4.69, 9.17) is 4.74 Å². The molecule has 1 atom stereocenters. The average Bonchev–Trinajstić information content (AvgIpc) is 2.55. The van der Waals surface area contributed by atoms with E-state index in [0.717, 1.165) is 16.7 Å². The lowest BCUT2D eigenvalue weighted by atomic mass is 10.0. The van der Waals surface area contributed by atoms with Gasteiger partial charge in [-0.05, 0) is 61.6 Å². The Balaban J connectivity index is 2.41. The highest BCUT2D eigenvalue weighted by Crippen LogP contribution is 2.29. The zero-order valence-electron chi connectivity index (χ0n) is 14.9. The second kappa shape index (κ2) is 7.36. The monoisotopic (exact) mass is 347 g/mol. The minimum atomic E-state index is -3.62. The van der Waals surface area contributed by atoms with Crippen LogP contribution in [0.1, 0.15) is 41.6 Å². The van der Waals surface area contributed by atoms with Gasteiger partial charge in [0.2, 0.25) is 10.0 Å². The number of hydrogen-bond donors (Lipinski definition) is 1. The Hall–Kier alpha value is -1.85. The molecule has 1 N–H and O–H groups in total. The zero-order valence-corrected chi connectivity index (χ0v) is 15.7. The van der Waals surface area contributed by atoms with Crippen molar-refractivity contribution in [2.75, 3.05) is 7.11 Å². The van der Waals surface area contributed by atoms with Crippen molar-refractivity contribution in [3.05, 3.63) is 58.7 Å². The third kappa shape index (κ3) is 3.62. The van der Waals surface area contributed by atoms with Crippen LogP contribution < -0.4 is 9.46 Å². The Kier molecular flexibility index (Phi) is 5.67. The van der Waals surface area contributed by atoms with E-state index in [9.17, 15) is 8.42 Å². The molecule has 5 heteroatoms. The Morgan fingerprint density at radius 2 is 1.71 bits per heavy atom. The molecule has 2 aromatic rings. The predicted octanol–water partition coefficient (Wildman–Crippen LogP) is 4.05. The molecule has 2 rings (SSSR count). The first-order valence-electron chi connectivity index (χ1n) is 8.03. The maximum Gasteiger partial charge on any atom is 0.241 e. The number of rotatable bonds is 6. The number of ether oxygens (including phenoxy) is 1. The predicted molar refractivity (Wildman–Crippen MR) is 97.0 cm³/mol. The molecule has 130 valence electrons. The van der Waals surface area contributed by atoms with Crippen LogP contribution in [-0.2, 0) is 10.0 Å². The number of nitrogens with one attached hydrogen (secondary N) is 1. The fourth-order valence-corrected chi connectivity index (χ4v) is 4.48. The largest absolute Gasteiger partial charge is 0.496 e. The van der Waals surface area contributed by atoms with Crippen molar-refractivity contribution in [2.45, 2.75) is 45.1 Å². The van der Waals surface area contributed by atoms with Crippen LogP contribution in [0, 0.1) is 20.8 Å². The molecule has 0 heterocycles. The van der Waals surface area contributed by atoms with Gasteiger partial charge < -0.3 is 4.74 Å². The minimum absolute atomic E-state index is 0.252. The van der Waals surface area contributed by atoms with E-state index in [0.29, 0.717) is 22.6 Å². The summed E-state index contributed by atoms with van der Waals surface area (Å²) in [6, 6.07) is 10.9. The summed E-state index contributed by atoms with van der Waals surface area (Å²) in [4.78, 5) is 0.299. The molecule has 2 aromatic carbocycles. The first kappa shape index (κ1) is 18.5. The van der Waals surface area contributed by atoms with Gasteiger partial charge in [0, 0.05) is 6.04 Å². The van der Waals surface area contributed by atoms with E-state index >= 15 is 0 Å². The highest BCUT2D eigenvalue weighted by molar-refractivity contribution is 7.89. The summed E-state index contributed by atoms with van der Waals surface area (Å²) < 4.78 is 33.9. The highest BCUT2D eigenvalue weighted by atomic mass is 32.2. The molecule has 0 saturated heterocycles. The third-order valence-corrected chi connectivity index (χ3v) is 6.08. The number of methoxy groups -OCH3 is 1. The number of benzene rings is 2. The topological polar surface area (TPSA) is 55.4 Å². The Bertz CT molecular complexity index is 829. The van der Waals surface area contributed by atoms with Crippen LogP contribution in [0.15, 0.2) is 41.3 Å². The van der Waals surface area contributed by atoms with E-state index < -0.39 is 10.0 Å². The molecular formula is C19H25NO3S. The van der Waals surface area contributed by atoms with Gasteiger partial charge in [-0.2, -0.15) is 0 Å². The Labute approximate surface area is 144 Å². The normalized spacial score (nSPS) is 12.9. The molecule has 0 aliphatic heterocycles. The van der Waals surface area contributed by atoms with E-state index in [1.807, 2.05) is 45.0 Å². The summed E-state index contributed by atoms with van der Waals surface area (Å²) in [6.07, 6.45) is 0.679. The molecular weight excluding hydrogens is 322 g/mol. The van der Waals surface area contributed by atoms with E-state index in [-0.39, 0.29) is 6.04 Å². The van der Waals surface area contributed by atoms with Crippen molar-refractivity contribution < 1.29 is 13.2 Å². The lowest BCUT2D eigenvalue weighted by Crippen LogP contribution is -2.29. The van der Waals surface area contributed by atoms with Gasteiger partial charge >= 0.3 is 0 Å². The molecule has 4 nitrogen and oxygen atoms in total. The van der Waals surface area contributed by atoms with Gasteiger partial charge in [0.05, 0.1) is 12.0 Å². The summed E-state index contributed by atoms with van der Waals surface area (Å²) in [7, 11) is -2.04. The van der Waals surface area contributed by atoms with Crippen LogP contribution in [0.5, 0.6) is 5.75 Å². The second-order valence-corrected chi connectivity index (χ2v) is 7.64. The minimum Gasteiger partial charge on any atom is -0.496 e. The molecule has 0 fully saturated rings. The van der Waals surface area contributed by atoms with E-state index in [1.54, 1.807) is 26.2 Å². The van der Waals surface area contributed by atoms with E-state index in [1.165, 1.54) is 0 Å². The van der Waals surface area contributed by atoms with Gasteiger partial charge in [-0.3, -0.25) is 0 Å². The molecule has 0 radical (unpaired) electrons. The Morgan fingerprint density at radius 1 is 1.04 bits per heavy atom. The standard InChI is InChI=1S/C19H25NO3S/c1-6-17(16-10-8-7-9-13(16)2)20-24(21,22)19-12-11-18(23-5)14(3)15(19)4/h7-12,17,20H,6H2,1-5H3. The third-order valence-electron chi connectivity index (χ3n) is 4.47. The number of aryl methyl sites for hydroxylation is 1. The molecule has 1 unspecified atom stereocenters. The summed E-state index contributed by atoms with van der Waals surface area (Å²) >= 11 is 0. The van der Waals surface area contributed by atoms with Crippen LogP contribution >= 0.6 is 0 Å². The van der Waals surface area contributed by atoms with Crippen molar-refractivity contribution in [1.82, 2.24) is 4.72 Å². The summed E-state index contributed by atoms with van der Waals surface area (Å²) in [5.41, 5.74) is 3.63. The molecule has 24 heavy (non-hydrogen) atoms. The van der Waals surface area contributed by atoms with Gasteiger partial charge in [0.15, 0.2) is 0 Å². The van der Waals surface area contributed by atoms with Crippen LogP contribution in [0.2, 0.25) is 0 Å². The molecule has 0 aliphatic rings. The van der Waals surface area contributed by atoms with Gasteiger partial charge in [-0.1, -0.05) is 31.2 Å². The fourth-order valence-electron chi connectivity index (χ4n) is 2.88. The fraction of sp³-hybridized carbons (Fsp3) is 0.368. The molecule has 0 amide bonds. The van der Waals surface area contributed by atoms with Crippen molar-refractivity contribution in [2.24, 2.45) is 0 Å². The maximum atomic E-state index is 12.9. The lowest BCUT2D eigenvalue weighted by molar-refractivity contribution is 0.410. The van der Waals surface area contributed by atoms with Crippen LogP contribution in [0.3, 0.4) is 0 Å². The molecule has 0 bridgehead atoms. The SMILES string of the molecule is CCC(NS(=O)(=O)c1ccc(OC)c(C)c1C)c1ccccc1C. The number of sulfonamides is 1. The smallest absolute Gasteiger partial charge is 0.241 e. The summed E-state index contributed by atoms with van der Waals surface area (Å²) in [5.74, 6) is 0.692. The quantitative estimate of drug-likeness (QED) is 0.858. The van der Waals surface area contributed by atoms with Gasteiger partial charge in [0.25, 0.3) is 0 Å². The van der Waals surface area contributed by atoms with Gasteiger partial charge in [-0.15, -0.1) is 0 Å².